The SMILES string of the molecule is CCN(CC)S(=O)(=O)N1CCOC(c2ncc(C)[nH]2)C1. The number of rotatable bonds is 5. The van der Waals surface area contributed by atoms with Crippen molar-refractivity contribution >= 4 is 10.2 Å². The van der Waals surface area contributed by atoms with Gasteiger partial charge in [-0.2, -0.15) is 17.0 Å². The molecule has 1 saturated heterocycles. The molecule has 2 rings (SSSR count). The third kappa shape index (κ3) is 3.03. The van der Waals surface area contributed by atoms with E-state index in [0.717, 1.165) is 5.69 Å². The molecule has 1 unspecified atom stereocenters. The molecule has 1 fully saturated rings. The predicted molar refractivity (Wildman–Crippen MR) is 75.4 cm³/mol. The lowest BCUT2D eigenvalue weighted by Gasteiger charge is -2.34. The van der Waals surface area contributed by atoms with Crippen LogP contribution in [0.2, 0.25) is 0 Å². The van der Waals surface area contributed by atoms with Gasteiger partial charge in [-0.25, -0.2) is 4.98 Å². The Hall–Kier alpha value is -0.960. The maximum Gasteiger partial charge on any atom is 0.282 e. The highest BCUT2D eigenvalue weighted by atomic mass is 32.2. The lowest BCUT2D eigenvalue weighted by molar-refractivity contribution is -0.00872. The Morgan fingerprint density at radius 3 is 2.75 bits per heavy atom. The van der Waals surface area contributed by atoms with Gasteiger partial charge in [0, 0.05) is 38.1 Å². The van der Waals surface area contributed by atoms with Crippen molar-refractivity contribution in [2.45, 2.75) is 26.9 Å². The first-order chi connectivity index (χ1) is 9.48. The summed E-state index contributed by atoms with van der Waals surface area (Å²) in [6.45, 7) is 7.60. The Kier molecular flexibility index (Phi) is 4.79. The average molecular weight is 302 g/mol. The first kappa shape index (κ1) is 15.4. The molecule has 1 aliphatic heterocycles. The number of nitrogens with zero attached hydrogens (tertiary/aromatic N) is 3. The van der Waals surface area contributed by atoms with Gasteiger partial charge in [0.1, 0.15) is 11.9 Å². The van der Waals surface area contributed by atoms with Crippen LogP contribution in [-0.2, 0) is 14.9 Å². The van der Waals surface area contributed by atoms with E-state index in [9.17, 15) is 8.42 Å². The fraction of sp³-hybridized carbons (Fsp3) is 0.750. The van der Waals surface area contributed by atoms with Gasteiger partial charge in [-0.1, -0.05) is 13.8 Å². The van der Waals surface area contributed by atoms with Crippen LogP contribution in [0.15, 0.2) is 6.20 Å². The van der Waals surface area contributed by atoms with Crippen LogP contribution >= 0.6 is 0 Å². The zero-order chi connectivity index (χ0) is 14.8. The second-order valence-electron chi connectivity index (χ2n) is 4.76. The molecular weight excluding hydrogens is 280 g/mol. The molecule has 0 bridgehead atoms. The van der Waals surface area contributed by atoms with Crippen molar-refractivity contribution in [3.8, 4) is 0 Å². The van der Waals surface area contributed by atoms with E-state index >= 15 is 0 Å². The van der Waals surface area contributed by atoms with Crippen LogP contribution in [0.5, 0.6) is 0 Å². The number of morpholine rings is 1. The molecule has 1 aromatic rings. The normalized spacial score (nSPS) is 21.5. The van der Waals surface area contributed by atoms with Crippen LogP contribution in [-0.4, -0.2) is 59.8 Å². The number of imidazole rings is 1. The molecular formula is C12H22N4O3S. The molecule has 0 amide bonds. The summed E-state index contributed by atoms with van der Waals surface area (Å²) >= 11 is 0. The average Bonchev–Trinajstić information content (AvgIpc) is 2.87. The molecule has 0 aliphatic carbocycles. The second kappa shape index (κ2) is 6.21. The van der Waals surface area contributed by atoms with E-state index in [2.05, 4.69) is 9.97 Å². The monoisotopic (exact) mass is 302 g/mol. The molecule has 0 radical (unpaired) electrons. The largest absolute Gasteiger partial charge is 0.368 e. The van der Waals surface area contributed by atoms with Gasteiger partial charge in [-0.15, -0.1) is 0 Å². The Morgan fingerprint density at radius 2 is 2.20 bits per heavy atom. The van der Waals surface area contributed by atoms with Crippen LogP contribution in [0.3, 0.4) is 0 Å². The number of aromatic amines is 1. The van der Waals surface area contributed by atoms with E-state index in [1.54, 1.807) is 6.20 Å². The van der Waals surface area contributed by atoms with Crippen LogP contribution in [0, 0.1) is 6.92 Å². The standard InChI is InChI=1S/C12H22N4O3S/c1-4-15(5-2)20(17,18)16-6-7-19-11(9-16)12-13-8-10(3)14-12/h8,11H,4-7,9H2,1-3H3,(H,13,14). The van der Waals surface area contributed by atoms with Gasteiger partial charge in [0.2, 0.25) is 0 Å². The Labute approximate surface area is 120 Å². The molecule has 1 atom stereocenters. The number of aromatic nitrogens is 2. The van der Waals surface area contributed by atoms with E-state index in [4.69, 9.17) is 4.74 Å². The van der Waals surface area contributed by atoms with Gasteiger partial charge in [-0.05, 0) is 6.92 Å². The van der Waals surface area contributed by atoms with Crippen molar-refractivity contribution in [3.05, 3.63) is 17.7 Å². The van der Waals surface area contributed by atoms with Gasteiger partial charge in [0.05, 0.1) is 6.61 Å². The lowest BCUT2D eigenvalue weighted by Crippen LogP contribution is -2.49. The predicted octanol–water partition coefficient (Wildman–Crippen LogP) is 0.678. The fourth-order valence-electron chi connectivity index (χ4n) is 2.31. The maximum absolute atomic E-state index is 12.5. The van der Waals surface area contributed by atoms with Crippen molar-refractivity contribution in [1.82, 2.24) is 18.6 Å². The molecule has 1 N–H and O–H groups in total. The quantitative estimate of drug-likeness (QED) is 0.867. The first-order valence-corrected chi connectivity index (χ1v) is 8.27. The summed E-state index contributed by atoms with van der Waals surface area (Å²) in [7, 11) is -3.41. The Bertz CT molecular complexity index is 539. The van der Waals surface area contributed by atoms with Crippen LogP contribution in [0.25, 0.3) is 0 Å². The zero-order valence-electron chi connectivity index (χ0n) is 12.2. The fourth-order valence-corrected chi connectivity index (χ4v) is 3.92. The molecule has 0 aromatic carbocycles. The van der Waals surface area contributed by atoms with Gasteiger partial charge in [0.15, 0.2) is 0 Å². The van der Waals surface area contributed by atoms with Crippen molar-refractivity contribution in [2.75, 3.05) is 32.8 Å². The van der Waals surface area contributed by atoms with Crippen LogP contribution in [0.4, 0.5) is 0 Å². The van der Waals surface area contributed by atoms with Gasteiger partial charge in [0.25, 0.3) is 10.2 Å². The molecule has 0 saturated carbocycles. The minimum atomic E-state index is -3.41. The first-order valence-electron chi connectivity index (χ1n) is 6.87. The van der Waals surface area contributed by atoms with Crippen molar-refractivity contribution in [3.63, 3.8) is 0 Å². The lowest BCUT2D eigenvalue weighted by atomic mass is 10.3. The van der Waals surface area contributed by atoms with E-state index in [-0.39, 0.29) is 6.10 Å². The molecule has 1 aromatic heterocycles. The van der Waals surface area contributed by atoms with Gasteiger partial charge < -0.3 is 9.72 Å². The molecule has 1 aliphatic rings. The summed E-state index contributed by atoms with van der Waals surface area (Å²) in [6.07, 6.45) is 1.39. The molecule has 2 heterocycles. The topological polar surface area (TPSA) is 78.5 Å². The summed E-state index contributed by atoms with van der Waals surface area (Å²) in [6, 6.07) is 0. The van der Waals surface area contributed by atoms with E-state index < -0.39 is 10.2 Å². The maximum atomic E-state index is 12.5. The third-order valence-electron chi connectivity index (χ3n) is 3.41. The third-order valence-corrected chi connectivity index (χ3v) is 5.57. The van der Waals surface area contributed by atoms with Gasteiger partial charge in [-0.3, -0.25) is 0 Å². The number of H-pyrrole nitrogens is 1. The van der Waals surface area contributed by atoms with Crippen LogP contribution in [0.1, 0.15) is 31.5 Å². The number of ether oxygens (including phenoxy) is 1. The Morgan fingerprint density at radius 1 is 1.50 bits per heavy atom. The minimum absolute atomic E-state index is 0.297. The molecule has 114 valence electrons. The molecule has 20 heavy (non-hydrogen) atoms. The van der Waals surface area contributed by atoms with E-state index in [1.165, 1.54) is 8.61 Å². The minimum Gasteiger partial charge on any atom is -0.368 e. The number of hydrogen-bond donors (Lipinski definition) is 1. The van der Waals surface area contributed by atoms with Crippen LogP contribution < -0.4 is 0 Å². The zero-order valence-corrected chi connectivity index (χ0v) is 13.0. The second-order valence-corrected chi connectivity index (χ2v) is 6.69. The van der Waals surface area contributed by atoms with Crippen molar-refractivity contribution in [1.29, 1.82) is 0 Å². The highest BCUT2D eigenvalue weighted by Gasteiger charge is 2.34. The molecule has 8 heteroatoms. The highest BCUT2D eigenvalue weighted by Crippen LogP contribution is 2.22. The Balaban J connectivity index is 2.14. The van der Waals surface area contributed by atoms with Gasteiger partial charge >= 0.3 is 0 Å². The summed E-state index contributed by atoms with van der Waals surface area (Å²) in [5.41, 5.74) is 0.937. The summed E-state index contributed by atoms with van der Waals surface area (Å²) in [5, 5.41) is 0. The van der Waals surface area contributed by atoms with Crippen molar-refractivity contribution < 1.29 is 13.2 Å². The smallest absolute Gasteiger partial charge is 0.282 e. The summed E-state index contributed by atoms with van der Waals surface area (Å²) in [5.74, 6) is 0.682. The number of hydrogen-bond acceptors (Lipinski definition) is 4. The number of aryl methyl sites for hydroxylation is 1. The van der Waals surface area contributed by atoms with Crippen molar-refractivity contribution in [2.24, 2.45) is 0 Å². The summed E-state index contributed by atoms with van der Waals surface area (Å²) < 4.78 is 33.6. The number of nitrogens with one attached hydrogen (secondary N) is 1. The highest BCUT2D eigenvalue weighted by molar-refractivity contribution is 7.86. The van der Waals surface area contributed by atoms with E-state index in [0.29, 0.717) is 38.6 Å². The molecule has 7 nitrogen and oxygen atoms in total. The summed E-state index contributed by atoms with van der Waals surface area (Å²) in [4.78, 5) is 7.33. The van der Waals surface area contributed by atoms with E-state index in [1.807, 2.05) is 20.8 Å². The molecule has 0 spiro atoms.